The van der Waals surface area contributed by atoms with Crippen LogP contribution in [0.1, 0.15) is 39.9 Å². The van der Waals surface area contributed by atoms with Crippen molar-refractivity contribution in [3.8, 4) is 0 Å². The average Bonchev–Trinajstić information content (AvgIpc) is 2.37. The van der Waals surface area contributed by atoms with E-state index in [2.05, 4.69) is 53.5 Å². The Balaban J connectivity index is 2.27. The molecule has 0 aliphatic carbocycles. The van der Waals surface area contributed by atoms with Crippen LogP contribution in [0.3, 0.4) is 0 Å². The van der Waals surface area contributed by atoms with Crippen LogP contribution in [-0.4, -0.2) is 36.3 Å². The van der Waals surface area contributed by atoms with Crippen LogP contribution in [0.2, 0.25) is 0 Å². The molecule has 1 fully saturated rings. The summed E-state index contributed by atoms with van der Waals surface area (Å²) in [6.07, 6.45) is 1.40. The third-order valence-corrected chi connectivity index (χ3v) is 4.27. The van der Waals surface area contributed by atoms with Gasteiger partial charge in [0.25, 0.3) is 0 Å². The zero-order valence-electron chi connectivity index (χ0n) is 13.0. The minimum atomic E-state index is -0.0533. The average molecular weight is 342 g/mol. The number of hydrogen-bond donors (Lipinski definition) is 0. The number of hydrogen-bond acceptors (Lipinski definition) is 4. The zero-order valence-corrected chi connectivity index (χ0v) is 14.6. The summed E-state index contributed by atoms with van der Waals surface area (Å²) in [5.74, 6) is 2.46. The Hall–Kier alpha value is -0.680. The molecule has 4 nitrogen and oxygen atoms in total. The third-order valence-electron chi connectivity index (χ3n) is 3.87. The number of piperidine rings is 1. The summed E-state index contributed by atoms with van der Waals surface area (Å²) in [4.78, 5) is 11.6. The molecule has 2 heterocycles. The van der Waals surface area contributed by atoms with Crippen LogP contribution in [0.4, 0.5) is 5.82 Å². The van der Waals surface area contributed by atoms with Crippen molar-refractivity contribution < 1.29 is 4.74 Å². The summed E-state index contributed by atoms with van der Waals surface area (Å²) in [5, 5.41) is 0. The summed E-state index contributed by atoms with van der Waals surface area (Å²) in [5.41, 5.74) is -0.0533. The van der Waals surface area contributed by atoms with Gasteiger partial charge in [-0.1, -0.05) is 27.7 Å². The molecular formula is C15H24BrN3O. The molecule has 2 atom stereocenters. The van der Waals surface area contributed by atoms with Crippen LogP contribution in [0.5, 0.6) is 0 Å². The molecule has 1 aromatic rings. The van der Waals surface area contributed by atoms with Gasteiger partial charge in [0.15, 0.2) is 0 Å². The fourth-order valence-electron chi connectivity index (χ4n) is 2.45. The molecule has 1 saturated heterocycles. The monoisotopic (exact) mass is 341 g/mol. The topological polar surface area (TPSA) is 38.2 Å². The van der Waals surface area contributed by atoms with Crippen molar-refractivity contribution in [3.05, 3.63) is 16.5 Å². The Kier molecular flexibility index (Phi) is 4.69. The fourth-order valence-corrected chi connectivity index (χ4v) is 2.82. The highest BCUT2D eigenvalue weighted by Gasteiger charge is 2.28. The molecule has 20 heavy (non-hydrogen) atoms. The minimum absolute atomic E-state index is 0.0533. The van der Waals surface area contributed by atoms with Crippen molar-refractivity contribution in [2.24, 2.45) is 5.92 Å². The second-order valence-corrected chi connectivity index (χ2v) is 7.42. The predicted octanol–water partition coefficient (Wildman–Crippen LogP) is 3.40. The smallest absolute Gasteiger partial charge is 0.137 e. The summed E-state index contributed by atoms with van der Waals surface area (Å²) >= 11 is 3.51. The summed E-state index contributed by atoms with van der Waals surface area (Å²) < 4.78 is 6.43. The molecule has 1 aliphatic rings. The normalized spacial score (nSPS) is 24.0. The largest absolute Gasteiger partial charge is 0.379 e. The van der Waals surface area contributed by atoms with E-state index in [9.17, 15) is 0 Å². The second-order valence-electron chi connectivity index (χ2n) is 6.61. The number of aromatic nitrogens is 2. The fraction of sp³-hybridized carbons (Fsp3) is 0.733. The van der Waals surface area contributed by atoms with Gasteiger partial charge in [0.05, 0.1) is 6.10 Å². The number of halogens is 1. The van der Waals surface area contributed by atoms with Crippen LogP contribution in [0.15, 0.2) is 10.7 Å². The van der Waals surface area contributed by atoms with Gasteiger partial charge in [-0.3, -0.25) is 0 Å². The molecule has 0 aromatic carbocycles. The maximum Gasteiger partial charge on any atom is 0.137 e. The highest BCUT2D eigenvalue weighted by Crippen LogP contribution is 2.27. The van der Waals surface area contributed by atoms with Crippen molar-refractivity contribution in [2.45, 2.75) is 45.6 Å². The summed E-state index contributed by atoms with van der Waals surface area (Å²) in [7, 11) is 1.79. The molecule has 0 saturated carbocycles. The Morgan fingerprint density at radius 1 is 1.35 bits per heavy atom. The van der Waals surface area contributed by atoms with E-state index in [1.807, 2.05) is 6.07 Å². The van der Waals surface area contributed by atoms with E-state index >= 15 is 0 Å². The first kappa shape index (κ1) is 15.7. The van der Waals surface area contributed by atoms with Gasteiger partial charge in [0, 0.05) is 31.7 Å². The Morgan fingerprint density at radius 3 is 2.65 bits per heavy atom. The number of methoxy groups -OCH3 is 1. The van der Waals surface area contributed by atoms with E-state index in [0.717, 1.165) is 35.8 Å². The van der Waals surface area contributed by atoms with Gasteiger partial charge >= 0.3 is 0 Å². The molecule has 0 spiro atoms. The van der Waals surface area contributed by atoms with E-state index in [4.69, 9.17) is 9.72 Å². The van der Waals surface area contributed by atoms with Crippen molar-refractivity contribution >= 4 is 21.7 Å². The Bertz CT molecular complexity index is 473. The SMILES string of the molecule is COC1CN(c2cc(Br)nc(C(C)(C)C)n2)CCC1C. The second kappa shape index (κ2) is 5.98. The van der Waals surface area contributed by atoms with Gasteiger partial charge < -0.3 is 9.64 Å². The first-order valence-corrected chi connectivity index (χ1v) is 7.93. The Morgan fingerprint density at radius 2 is 2.05 bits per heavy atom. The molecule has 1 aromatic heterocycles. The van der Waals surface area contributed by atoms with Gasteiger partial charge in [-0.15, -0.1) is 0 Å². The first-order valence-electron chi connectivity index (χ1n) is 7.14. The van der Waals surface area contributed by atoms with Crippen molar-refractivity contribution in [1.82, 2.24) is 9.97 Å². The quantitative estimate of drug-likeness (QED) is 0.772. The maximum atomic E-state index is 5.59. The van der Waals surface area contributed by atoms with Gasteiger partial charge in [-0.25, -0.2) is 9.97 Å². The van der Waals surface area contributed by atoms with E-state index < -0.39 is 0 Å². The summed E-state index contributed by atoms with van der Waals surface area (Å²) in [6, 6.07) is 2.00. The van der Waals surface area contributed by atoms with Crippen LogP contribution < -0.4 is 4.90 Å². The van der Waals surface area contributed by atoms with Crippen LogP contribution >= 0.6 is 15.9 Å². The van der Waals surface area contributed by atoms with E-state index in [1.54, 1.807) is 7.11 Å². The molecule has 0 amide bonds. The van der Waals surface area contributed by atoms with Crippen molar-refractivity contribution in [1.29, 1.82) is 0 Å². The Labute approximate surface area is 130 Å². The predicted molar refractivity (Wildman–Crippen MR) is 85.2 cm³/mol. The van der Waals surface area contributed by atoms with Gasteiger partial charge in [-0.2, -0.15) is 0 Å². The minimum Gasteiger partial charge on any atom is -0.379 e. The zero-order chi connectivity index (χ0) is 14.9. The van der Waals surface area contributed by atoms with E-state index in [-0.39, 0.29) is 11.5 Å². The number of rotatable bonds is 2. The number of ether oxygens (including phenoxy) is 1. The van der Waals surface area contributed by atoms with Crippen molar-refractivity contribution in [3.63, 3.8) is 0 Å². The lowest BCUT2D eigenvalue weighted by Gasteiger charge is -2.37. The molecule has 5 heteroatoms. The lowest BCUT2D eigenvalue weighted by Crippen LogP contribution is -2.44. The molecule has 2 rings (SSSR count). The third kappa shape index (κ3) is 3.50. The highest BCUT2D eigenvalue weighted by molar-refractivity contribution is 9.10. The number of anilines is 1. The number of nitrogens with zero attached hydrogens (tertiary/aromatic N) is 3. The lowest BCUT2D eigenvalue weighted by molar-refractivity contribution is 0.0496. The standard InChI is InChI=1S/C15H24BrN3O/c1-10-6-7-19(9-11(10)20-5)13-8-12(16)17-14(18-13)15(2,3)4/h8,10-11H,6-7,9H2,1-5H3. The molecule has 0 radical (unpaired) electrons. The highest BCUT2D eigenvalue weighted by atomic mass is 79.9. The maximum absolute atomic E-state index is 5.59. The molecular weight excluding hydrogens is 318 g/mol. The molecule has 1 aliphatic heterocycles. The van der Waals surface area contributed by atoms with E-state index in [0.29, 0.717) is 5.92 Å². The molecule has 112 valence electrons. The van der Waals surface area contributed by atoms with Gasteiger partial charge in [-0.05, 0) is 28.3 Å². The molecule has 2 unspecified atom stereocenters. The van der Waals surface area contributed by atoms with Crippen LogP contribution in [0.25, 0.3) is 0 Å². The van der Waals surface area contributed by atoms with Crippen LogP contribution in [0, 0.1) is 5.92 Å². The van der Waals surface area contributed by atoms with Gasteiger partial charge in [0.2, 0.25) is 0 Å². The van der Waals surface area contributed by atoms with E-state index in [1.165, 1.54) is 0 Å². The molecule has 0 bridgehead atoms. The summed E-state index contributed by atoms with van der Waals surface area (Å²) in [6.45, 7) is 10.6. The van der Waals surface area contributed by atoms with Crippen molar-refractivity contribution in [2.75, 3.05) is 25.1 Å². The van der Waals surface area contributed by atoms with Gasteiger partial charge in [0.1, 0.15) is 16.2 Å². The first-order chi connectivity index (χ1) is 9.31. The van der Waals surface area contributed by atoms with Crippen LogP contribution in [-0.2, 0) is 10.2 Å². The lowest BCUT2D eigenvalue weighted by atomic mass is 9.95. The molecule has 0 N–H and O–H groups in total.